The van der Waals surface area contributed by atoms with Crippen molar-refractivity contribution in [3.05, 3.63) is 23.9 Å². The molecule has 1 saturated carbocycles. The lowest BCUT2D eigenvalue weighted by Crippen LogP contribution is -2.47. The van der Waals surface area contributed by atoms with E-state index in [9.17, 15) is 4.79 Å². The number of fused-ring (bicyclic) bond motifs is 1. The molecule has 3 heterocycles. The number of pyridine rings is 1. The van der Waals surface area contributed by atoms with Gasteiger partial charge in [-0.25, -0.2) is 4.98 Å². The summed E-state index contributed by atoms with van der Waals surface area (Å²) in [6.45, 7) is 2.74. The molecule has 0 spiro atoms. The second-order valence-electron chi connectivity index (χ2n) is 6.69. The summed E-state index contributed by atoms with van der Waals surface area (Å²) in [5, 5.41) is 3.11. The molecule has 3 aliphatic rings. The van der Waals surface area contributed by atoms with Crippen LogP contribution in [-0.4, -0.2) is 53.7 Å². The van der Waals surface area contributed by atoms with Crippen molar-refractivity contribution in [2.24, 2.45) is 5.92 Å². The highest BCUT2D eigenvalue weighted by atomic mass is 16.5. The summed E-state index contributed by atoms with van der Waals surface area (Å²) >= 11 is 0. The van der Waals surface area contributed by atoms with Crippen LogP contribution >= 0.6 is 0 Å². The fourth-order valence-corrected chi connectivity index (χ4v) is 3.57. The zero-order valence-electron chi connectivity index (χ0n) is 12.6. The highest BCUT2D eigenvalue weighted by molar-refractivity contribution is 5.94. The Morgan fingerprint density at radius 2 is 2.23 bits per heavy atom. The maximum Gasteiger partial charge on any atom is 0.253 e. The van der Waals surface area contributed by atoms with Crippen LogP contribution in [0.15, 0.2) is 18.3 Å². The molecule has 3 atom stereocenters. The van der Waals surface area contributed by atoms with E-state index < -0.39 is 0 Å². The lowest BCUT2D eigenvalue weighted by molar-refractivity contribution is -0.0581. The number of morpholine rings is 1. The molecule has 118 valence electrons. The average Bonchev–Trinajstić information content (AvgIpc) is 3.28. The molecule has 1 aromatic rings. The van der Waals surface area contributed by atoms with Crippen molar-refractivity contribution in [2.75, 3.05) is 25.4 Å². The van der Waals surface area contributed by atoms with Crippen molar-refractivity contribution in [2.45, 2.75) is 37.5 Å². The quantitative estimate of drug-likeness (QED) is 0.857. The molecule has 22 heavy (non-hydrogen) atoms. The van der Waals surface area contributed by atoms with Crippen molar-refractivity contribution in [3.8, 4) is 0 Å². The molecule has 0 aromatic carbocycles. The van der Waals surface area contributed by atoms with Gasteiger partial charge in [-0.3, -0.25) is 9.69 Å². The predicted octanol–water partition coefficient (Wildman–Crippen LogP) is 0.645. The van der Waals surface area contributed by atoms with Gasteiger partial charge in [0.1, 0.15) is 5.82 Å². The van der Waals surface area contributed by atoms with E-state index in [-0.39, 0.29) is 11.9 Å². The molecule has 2 saturated heterocycles. The topological polar surface area (TPSA) is 80.5 Å². The van der Waals surface area contributed by atoms with Crippen LogP contribution in [0.3, 0.4) is 0 Å². The predicted molar refractivity (Wildman–Crippen MR) is 82.3 cm³/mol. The minimum absolute atomic E-state index is 0.0722. The van der Waals surface area contributed by atoms with Crippen LogP contribution in [0.1, 0.15) is 29.6 Å². The first kappa shape index (κ1) is 14.0. The third-order valence-corrected chi connectivity index (χ3v) is 4.98. The Morgan fingerprint density at radius 1 is 1.36 bits per heavy atom. The van der Waals surface area contributed by atoms with Crippen molar-refractivity contribution < 1.29 is 9.53 Å². The van der Waals surface area contributed by atoms with Crippen LogP contribution in [0.4, 0.5) is 5.82 Å². The minimum atomic E-state index is -0.0722. The van der Waals surface area contributed by atoms with E-state index in [1.807, 2.05) is 0 Å². The number of hydrogen-bond acceptors (Lipinski definition) is 5. The van der Waals surface area contributed by atoms with Crippen LogP contribution in [0, 0.1) is 5.92 Å². The van der Waals surface area contributed by atoms with E-state index in [4.69, 9.17) is 10.5 Å². The summed E-state index contributed by atoms with van der Waals surface area (Å²) in [6.07, 6.45) is 5.53. The summed E-state index contributed by atoms with van der Waals surface area (Å²) in [4.78, 5) is 18.7. The smallest absolute Gasteiger partial charge is 0.253 e. The number of aromatic nitrogens is 1. The summed E-state index contributed by atoms with van der Waals surface area (Å²) in [5.41, 5.74) is 6.11. The minimum Gasteiger partial charge on any atom is -0.384 e. The largest absolute Gasteiger partial charge is 0.384 e. The molecule has 1 aromatic heterocycles. The average molecular weight is 302 g/mol. The molecule has 0 bridgehead atoms. The number of amides is 1. The maximum absolute atomic E-state index is 12.3. The zero-order chi connectivity index (χ0) is 15.1. The van der Waals surface area contributed by atoms with Gasteiger partial charge < -0.3 is 15.8 Å². The van der Waals surface area contributed by atoms with Gasteiger partial charge in [-0.2, -0.15) is 0 Å². The lowest BCUT2D eigenvalue weighted by atomic mass is 10.1. The number of nitrogens with one attached hydrogen (secondary N) is 1. The van der Waals surface area contributed by atoms with E-state index in [1.54, 1.807) is 12.1 Å². The molecule has 3 N–H and O–H groups in total. The molecular formula is C16H22N4O2. The molecule has 0 radical (unpaired) electrons. The number of anilines is 1. The van der Waals surface area contributed by atoms with Gasteiger partial charge in [-0.1, -0.05) is 0 Å². The normalized spacial score (nSPS) is 31.7. The molecule has 6 heteroatoms. The second kappa shape index (κ2) is 5.52. The van der Waals surface area contributed by atoms with Crippen LogP contribution in [0.25, 0.3) is 0 Å². The van der Waals surface area contributed by atoms with Crippen molar-refractivity contribution in [1.82, 2.24) is 15.2 Å². The van der Waals surface area contributed by atoms with Crippen molar-refractivity contribution in [1.29, 1.82) is 0 Å². The first-order chi connectivity index (χ1) is 10.7. The number of nitrogens with zero attached hydrogens (tertiary/aromatic N) is 2. The highest BCUT2D eigenvalue weighted by Crippen LogP contribution is 2.37. The SMILES string of the molecule is Nc1ccc(C(=O)N[C@@H]2C[C@H]3CO[C@H](C4CC4)CN3C2)cn1. The Balaban J connectivity index is 1.34. The maximum atomic E-state index is 12.3. The Morgan fingerprint density at radius 3 is 2.95 bits per heavy atom. The van der Waals surface area contributed by atoms with Crippen LogP contribution in [0.2, 0.25) is 0 Å². The number of hydrogen-bond donors (Lipinski definition) is 2. The molecule has 1 amide bonds. The Bertz CT molecular complexity index is 558. The van der Waals surface area contributed by atoms with Gasteiger partial charge in [-0.15, -0.1) is 0 Å². The van der Waals surface area contributed by atoms with Crippen LogP contribution in [-0.2, 0) is 4.74 Å². The molecule has 3 fully saturated rings. The molecule has 6 nitrogen and oxygen atoms in total. The van der Waals surface area contributed by atoms with E-state index in [2.05, 4.69) is 15.2 Å². The summed E-state index contributed by atoms with van der Waals surface area (Å²) in [6, 6.07) is 4.01. The summed E-state index contributed by atoms with van der Waals surface area (Å²) in [7, 11) is 0. The van der Waals surface area contributed by atoms with E-state index in [1.165, 1.54) is 19.0 Å². The zero-order valence-corrected chi connectivity index (χ0v) is 12.6. The highest BCUT2D eigenvalue weighted by Gasteiger charge is 2.42. The fourth-order valence-electron chi connectivity index (χ4n) is 3.57. The Labute approximate surface area is 130 Å². The first-order valence-electron chi connectivity index (χ1n) is 8.07. The number of rotatable bonds is 3. The van der Waals surface area contributed by atoms with Gasteiger partial charge in [0.2, 0.25) is 0 Å². The van der Waals surface area contributed by atoms with Gasteiger partial charge in [0, 0.05) is 31.4 Å². The molecule has 0 unspecified atom stereocenters. The third kappa shape index (κ3) is 2.80. The standard InChI is InChI=1S/C16H22N4O2/c17-15-4-3-11(6-18-15)16(21)19-12-5-13-9-22-14(10-1-2-10)8-20(13)7-12/h3-4,6,10,12-14H,1-2,5,7-9H2,(H2,17,18)(H,19,21)/t12-,13+,14+/m1/s1. The molecular weight excluding hydrogens is 280 g/mol. The number of ether oxygens (including phenoxy) is 1. The van der Waals surface area contributed by atoms with Gasteiger partial charge in [0.05, 0.1) is 18.3 Å². The van der Waals surface area contributed by atoms with Gasteiger partial charge in [0.15, 0.2) is 0 Å². The van der Waals surface area contributed by atoms with Crippen molar-refractivity contribution >= 4 is 11.7 Å². The van der Waals surface area contributed by atoms with E-state index in [0.717, 1.165) is 32.0 Å². The molecule has 2 aliphatic heterocycles. The third-order valence-electron chi connectivity index (χ3n) is 4.98. The molecule has 1 aliphatic carbocycles. The monoisotopic (exact) mass is 302 g/mol. The lowest BCUT2D eigenvalue weighted by Gasteiger charge is -2.35. The van der Waals surface area contributed by atoms with Gasteiger partial charge in [0.25, 0.3) is 5.91 Å². The van der Waals surface area contributed by atoms with Gasteiger partial charge >= 0.3 is 0 Å². The van der Waals surface area contributed by atoms with Gasteiger partial charge in [-0.05, 0) is 37.3 Å². The van der Waals surface area contributed by atoms with Crippen molar-refractivity contribution in [3.63, 3.8) is 0 Å². The summed E-state index contributed by atoms with van der Waals surface area (Å²) in [5.74, 6) is 1.13. The Hall–Kier alpha value is -1.66. The van der Waals surface area contributed by atoms with Crippen LogP contribution in [0.5, 0.6) is 0 Å². The van der Waals surface area contributed by atoms with E-state index in [0.29, 0.717) is 23.5 Å². The Kier molecular flexibility index (Phi) is 3.50. The number of nitrogens with two attached hydrogens (primary N) is 1. The summed E-state index contributed by atoms with van der Waals surface area (Å²) < 4.78 is 5.99. The second-order valence-corrected chi connectivity index (χ2v) is 6.69. The van der Waals surface area contributed by atoms with Crippen LogP contribution < -0.4 is 11.1 Å². The number of carbonyl (C=O) groups excluding carboxylic acids is 1. The first-order valence-corrected chi connectivity index (χ1v) is 8.07. The van der Waals surface area contributed by atoms with E-state index >= 15 is 0 Å². The fraction of sp³-hybridized carbons (Fsp3) is 0.625. The molecule has 4 rings (SSSR count). The number of nitrogen functional groups attached to an aromatic ring is 1. The number of carbonyl (C=O) groups is 1.